The maximum Gasteiger partial charge on any atom is 0.251 e. The maximum absolute atomic E-state index is 12.6. The first-order valence-corrected chi connectivity index (χ1v) is 9.46. The van der Waals surface area contributed by atoms with Crippen LogP contribution in [0.3, 0.4) is 0 Å². The van der Waals surface area contributed by atoms with Crippen LogP contribution in [0.4, 0.5) is 5.13 Å². The summed E-state index contributed by atoms with van der Waals surface area (Å²) in [6.45, 7) is 1.62. The molecule has 0 aliphatic rings. The molecular weight excluding hydrogens is 376 g/mol. The molecule has 0 saturated carbocycles. The standard InChI is InChI=1S/C20H16N4O3S/c1-12(18(25)23-20-21-9-10-28-20)22-19(26)14-7-8-16-15(11-14)17(27-24-16)13-5-3-2-4-6-13/h2-12H,1H3,(H,22,26)(H,21,23,25). The number of thiazole rings is 1. The van der Waals surface area contributed by atoms with Gasteiger partial charge in [0.25, 0.3) is 5.91 Å². The van der Waals surface area contributed by atoms with E-state index in [1.165, 1.54) is 11.3 Å². The summed E-state index contributed by atoms with van der Waals surface area (Å²) in [5.74, 6) is -0.0944. The lowest BCUT2D eigenvalue weighted by Crippen LogP contribution is -2.41. The van der Waals surface area contributed by atoms with Crippen molar-refractivity contribution in [3.8, 4) is 11.3 Å². The van der Waals surface area contributed by atoms with Crippen LogP contribution in [-0.4, -0.2) is 28.0 Å². The molecule has 1 unspecified atom stereocenters. The Kier molecular flexibility index (Phi) is 4.86. The van der Waals surface area contributed by atoms with E-state index in [0.717, 1.165) is 10.9 Å². The zero-order valence-corrected chi connectivity index (χ0v) is 15.7. The Balaban J connectivity index is 1.53. The van der Waals surface area contributed by atoms with Crippen molar-refractivity contribution in [2.24, 2.45) is 0 Å². The van der Waals surface area contributed by atoms with Gasteiger partial charge in [0.2, 0.25) is 5.91 Å². The predicted molar refractivity (Wildman–Crippen MR) is 107 cm³/mol. The third-order valence-corrected chi connectivity index (χ3v) is 4.87. The summed E-state index contributed by atoms with van der Waals surface area (Å²) in [7, 11) is 0. The number of aromatic nitrogens is 2. The predicted octanol–water partition coefficient (Wildman–Crippen LogP) is 3.71. The molecule has 140 valence electrons. The number of hydrogen-bond acceptors (Lipinski definition) is 6. The molecule has 7 nitrogen and oxygen atoms in total. The fourth-order valence-electron chi connectivity index (χ4n) is 2.72. The summed E-state index contributed by atoms with van der Waals surface area (Å²) < 4.78 is 5.46. The highest BCUT2D eigenvalue weighted by Crippen LogP contribution is 2.29. The largest absolute Gasteiger partial charge is 0.355 e. The number of anilines is 1. The molecule has 4 aromatic rings. The average molecular weight is 392 g/mol. The molecule has 0 bridgehead atoms. The van der Waals surface area contributed by atoms with Crippen LogP contribution in [0.1, 0.15) is 17.3 Å². The molecule has 4 rings (SSSR count). The van der Waals surface area contributed by atoms with E-state index in [-0.39, 0.29) is 11.8 Å². The molecule has 0 aliphatic carbocycles. The summed E-state index contributed by atoms with van der Waals surface area (Å²) in [5.41, 5.74) is 1.95. The maximum atomic E-state index is 12.6. The summed E-state index contributed by atoms with van der Waals surface area (Å²) in [5, 5.41) is 12.4. The van der Waals surface area contributed by atoms with Gasteiger partial charge in [0.15, 0.2) is 10.9 Å². The lowest BCUT2D eigenvalue weighted by atomic mass is 10.1. The number of benzene rings is 2. The smallest absolute Gasteiger partial charge is 0.251 e. The Labute approximate surface area is 164 Å². The fraction of sp³-hybridized carbons (Fsp3) is 0.100. The summed E-state index contributed by atoms with van der Waals surface area (Å²) in [6.07, 6.45) is 1.60. The molecule has 8 heteroatoms. The van der Waals surface area contributed by atoms with E-state index in [4.69, 9.17) is 4.52 Å². The average Bonchev–Trinajstić information content (AvgIpc) is 3.37. The van der Waals surface area contributed by atoms with Crippen molar-refractivity contribution in [2.75, 3.05) is 5.32 Å². The first-order chi connectivity index (χ1) is 13.6. The second kappa shape index (κ2) is 7.61. The molecule has 1 atom stereocenters. The first-order valence-electron chi connectivity index (χ1n) is 8.58. The van der Waals surface area contributed by atoms with Crippen molar-refractivity contribution in [1.82, 2.24) is 15.5 Å². The van der Waals surface area contributed by atoms with Crippen LogP contribution >= 0.6 is 11.3 Å². The molecule has 2 heterocycles. The molecule has 2 aromatic carbocycles. The fourth-order valence-corrected chi connectivity index (χ4v) is 3.26. The second-order valence-corrected chi connectivity index (χ2v) is 7.03. The van der Waals surface area contributed by atoms with Crippen LogP contribution in [0.2, 0.25) is 0 Å². The van der Waals surface area contributed by atoms with E-state index in [0.29, 0.717) is 22.0 Å². The van der Waals surface area contributed by atoms with Crippen LogP contribution in [-0.2, 0) is 4.79 Å². The quantitative estimate of drug-likeness (QED) is 0.540. The molecule has 2 aromatic heterocycles. The number of hydrogen-bond donors (Lipinski definition) is 2. The minimum atomic E-state index is -0.719. The third-order valence-electron chi connectivity index (χ3n) is 4.18. The molecule has 0 radical (unpaired) electrons. The Morgan fingerprint density at radius 1 is 1.14 bits per heavy atom. The van der Waals surface area contributed by atoms with Crippen molar-refractivity contribution < 1.29 is 14.1 Å². The number of fused-ring (bicyclic) bond motifs is 1. The topological polar surface area (TPSA) is 97.1 Å². The molecule has 2 N–H and O–H groups in total. The molecule has 0 spiro atoms. The number of rotatable bonds is 5. The Hall–Kier alpha value is -3.52. The number of nitrogens with one attached hydrogen (secondary N) is 2. The number of nitrogens with zero attached hydrogens (tertiary/aromatic N) is 2. The van der Waals surface area contributed by atoms with Gasteiger partial charge in [-0.15, -0.1) is 11.3 Å². The van der Waals surface area contributed by atoms with Crippen LogP contribution < -0.4 is 10.6 Å². The van der Waals surface area contributed by atoms with Crippen molar-refractivity contribution in [2.45, 2.75) is 13.0 Å². The SMILES string of the molecule is CC(NC(=O)c1ccc2noc(-c3ccccc3)c2c1)C(=O)Nc1nccs1. The zero-order chi connectivity index (χ0) is 19.5. The molecule has 0 fully saturated rings. The lowest BCUT2D eigenvalue weighted by molar-refractivity contribution is -0.117. The van der Waals surface area contributed by atoms with E-state index in [9.17, 15) is 9.59 Å². The molecule has 2 amide bonds. The van der Waals surface area contributed by atoms with Crippen molar-refractivity contribution in [3.63, 3.8) is 0 Å². The lowest BCUT2D eigenvalue weighted by Gasteiger charge is -2.13. The molecular formula is C20H16N4O3S. The Bertz CT molecular complexity index is 1120. The van der Waals surface area contributed by atoms with Gasteiger partial charge in [-0.05, 0) is 25.1 Å². The van der Waals surface area contributed by atoms with Gasteiger partial charge < -0.3 is 15.2 Å². The highest BCUT2D eigenvalue weighted by atomic mass is 32.1. The molecule has 0 aliphatic heterocycles. The first kappa shape index (κ1) is 17.9. The van der Waals surface area contributed by atoms with Gasteiger partial charge in [0, 0.05) is 22.7 Å². The summed E-state index contributed by atoms with van der Waals surface area (Å²) in [6, 6.07) is 13.9. The van der Waals surface area contributed by atoms with Crippen molar-refractivity contribution >= 4 is 39.2 Å². The molecule has 28 heavy (non-hydrogen) atoms. The Morgan fingerprint density at radius 3 is 2.71 bits per heavy atom. The normalized spacial score (nSPS) is 11.9. The van der Waals surface area contributed by atoms with E-state index in [1.807, 2.05) is 30.3 Å². The van der Waals surface area contributed by atoms with Crippen molar-refractivity contribution in [3.05, 3.63) is 65.7 Å². The number of amides is 2. The van der Waals surface area contributed by atoms with Crippen LogP contribution in [0.5, 0.6) is 0 Å². The van der Waals surface area contributed by atoms with E-state index in [2.05, 4.69) is 20.8 Å². The summed E-state index contributed by atoms with van der Waals surface area (Å²) in [4.78, 5) is 28.8. The highest BCUT2D eigenvalue weighted by molar-refractivity contribution is 7.13. The summed E-state index contributed by atoms with van der Waals surface area (Å²) >= 11 is 1.31. The third kappa shape index (κ3) is 3.63. The minimum Gasteiger partial charge on any atom is -0.355 e. The van der Waals surface area contributed by atoms with Crippen LogP contribution in [0.25, 0.3) is 22.2 Å². The van der Waals surface area contributed by atoms with Gasteiger partial charge in [-0.2, -0.15) is 0 Å². The van der Waals surface area contributed by atoms with E-state index < -0.39 is 6.04 Å². The monoisotopic (exact) mass is 392 g/mol. The zero-order valence-electron chi connectivity index (χ0n) is 14.9. The molecule has 0 saturated heterocycles. The van der Waals surface area contributed by atoms with Gasteiger partial charge in [-0.3, -0.25) is 9.59 Å². The van der Waals surface area contributed by atoms with Crippen LogP contribution in [0.15, 0.2) is 64.6 Å². The van der Waals surface area contributed by atoms with E-state index >= 15 is 0 Å². The van der Waals surface area contributed by atoms with Gasteiger partial charge in [-0.25, -0.2) is 4.98 Å². The minimum absolute atomic E-state index is 0.334. The van der Waals surface area contributed by atoms with Gasteiger partial charge in [0.1, 0.15) is 11.6 Å². The number of carbonyl (C=O) groups is 2. The van der Waals surface area contributed by atoms with Gasteiger partial charge in [0.05, 0.1) is 5.39 Å². The highest BCUT2D eigenvalue weighted by Gasteiger charge is 2.19. The van der Waals surface area contributed by atoms with Gasteiger partial charge in [-0.1, -0.05) is 35.5 Å². The number of carbonyl (C=O) groups excluding carboxylic acids is 2. The van der Waals surface area contributed by atoms with E-state index in [1.54, 1.807) is 36.7 Å². The van der Waals surface area contributed by atoms with Gasteiger partial charge >= 0.3 is 0 Å². The Morgan fingerprint density at radius 2 is 1.96 bits per heavy atom. The van der Waals surface area contributed by atoms with Crippen molar-refractivity contribution in [1.29, 1.82) is 0 Å². The van der Waals surface area contributed by atoms with Crippen LogP contribution in [0, 0.1) is 0 Å². The second-order valence-electron chi connectivity index (χ2n) is 6.13.